The second-order valence-electron chi connectivity index (χ2n) is 2.89. The SMILES string of the molecule is CCCC1CCC(O)C=N1. The van der Waals surface area contributed by atoms with Crippen LogP contribution in [0.5, 0.6) is 0 Å². The summed E-state index contributed by atoms with van der Waals surface area (Å²) in [6.45, 7) is 2.17. The molecular formula is C8H15NO. The van der Waals surface area contributed by atoms with Crippen LogP contribution < -0.4 is 0 Å². The predicted octanol–water partition coefficient (Wildman–Crippen LogP) is 1.38. The van der Waals surface area contributed by atoms with Crippen LogP contribution in [0.3, 0.4) is 0 Å². The topological polar surface area (TPSA) is 32.6 Å². The van der Waals surface area contributed by atoms with Crippen LogP contribution in [0.4, 0.5) is 0 Å². The third-order valence-corrected chi connectivity index (χ3v) is 1.89. The molecule has 1 heterocycles. The van der Waals surface area contributed by atoms with E-state index in [-0.39, 0.29) is 6.10 Å². The molecule has 0 amide bonds. The molecule has 2 heteroatoms. The Bertz CT molecular complexity index is 122. The minimum absolute atomic E-state index is 0.270. The van der Waals surface area contributed by atoms with Crippen LogP contribution in [0, 0.1) is 0 Å². The lowest BCUT2D eigenvalue weighted by atomic mass is 10.0. The van der Waals surface area contributed by atoms with Crippen LogP contribution in [0.1, 0.15) is 32.6 Å². The molecule has 10 heavy (non-hydrogen) atoms. The summed E-state index contributed by atoms with van der Waals surface area (Å²) in [7, 11) is 0. The first-order chi connectivity index (χ1) is 4.83. The Morgan fingerprint density at radius 3 is 2.90 bits per heavy atom. The van der Waals surface area contributed by atoms with Gasteiger partial charge in [0.05, 0.1) is 6.10 Å². The number of rotatable bonds is 2. The predicted molar refractivity (Wildman–Crippen MR) is 42.4 cm³/mol. The average molecular weight is 141 g/mol. The quantitative estimate of drug-likeness (QED) is 0.619. The number of hydrogen-bond donors (Lipinski definition) is 1. The van der Waals surface area contributed by atoms with Crippen LogP contribution in [-0.2, 0) is 0 Å². The van der Waals surface area contributed by atoms with Crippen molar-refractivity contribution in [1.29, 1.82) is 0 Å². The molecule has 58 valence electrons. The molecule has 2 atom stereocenters. The van der Waals surface area contributed by atoms with E-state index in [1.807, 2.05) is 0 Å². The van der Waals surface area contributed by atoms with Crippen LogP contribution in [0.2, 0.25) is 0 Å². The first-order valence-electron chi connectivity index (χ1n) is 4.04. The van der Waals surface area contributed by atoms with Gasteiger partial charge in [0.15, 0.2) is 0 Å². The summed E-state index contributed by atoms with van der Waals surface area (Å²) in [5.41, 5.74) is 0. The van der Waals surface area contributed by atoms with Crippen LogP contribution in [0.25, 0.3) is 0 Å². The van der Waals surface area contributed by atoms with E-state index >= 15 is 0 Å². The second-order valence-corrected chi connectivity index (χ2v) is 2.89. The van der Waals surface area contributed by atoms with Crippen molar-refractivity contribution in [3.63, 3.8) is 0 Å². The normalized spacial score (nSPS) is 32.6. The fourth-order valence-electron chi connectivity index (χ4n) is 1.29. The highest BCUT2D eigenvalue weighted by molar-refractivity contribution is 5.63. The third kappa shape index (κ3) is 2.10. The Balaban J connectivity index is 2.30. The monoisotopic (exact) mass is 141 g/mol. The van der Waals surface area contributed by atoms with Crippen molar-refractivity contribution in [2.24, 2.45) is 4.99 Å². The molecule has 0 aromatic rings. The zero-order valence-electron chi connectivity index (χ0n) is 6.45. The van der Waals surface area contributed by atoms with Crippen LogP contribution >= 0.6 is 0 Å². The molecule has 1 aliphatic rings. The number of aliphatic hydroxyl groups is 1. The summed E-state index contributed by atoms with van der Waals surface area (Å²) in [5.74, 6) is 0. The van der Waals surface area contributed by atoms with E-state index in [2.05, 4.69) is 11.9 Å². The molecule has 1 aliphatic heterocycles. The smallest absolute Gasteiger partial charge is 0.0887 e. The van der Waals surface area contributed by atoms with Crippen LogP contribution in [-0.4, -0.2) is 23.5 Å². The van der Waals surface area contributed by atoms with E-state index in [1.165, 1.54) is 12.8 Å². The molecule has 0 aliphatic carbocycles. The highest BCUT2D eigenvalue weighted by Gasteiger charge is 2.12. The molecule has 0 radical (unpaired) electrons. The lowest BCUT2D eigenvalue weighted by Crippen LogP contribution is -2.19. The van der Waals surface area contributed by atoms with Gasteiger partial charge in [-0.15, -0.1) is 0 Å². The fraction of sp³-hybridized carbons (Fsp3) is 0.875. The van der Waals surface area contributed by atoms with Crippen molar-refractivity contribution in [2.45, 2.75) is 44.8 Å². The van der Waals surface area contributed by atoms with Gasteiger partial charge in [0.1, 0.15) is 0 Å². The Kier molecular flexibility index (Phi) is 2.87. The zero-order chi connectivity index (χ0) is 7.40. The van der Waals surface area contributed by atoms with Crippen molar-refractivity contribution in [1.82, 2.24) is 0 Å². The third-order valence-electron chi connectivity index (χ3n) is 1.89. The first kappa shape index (κ1) is 7.73. The maximum absolute atomic E-state index is 9.05. The second kappa shape index (κ2) is 3.71. The number of hydrogen-bond acceptors (Lipinski definition) is 2. The minimum atomic E-state index is -0.270. The van der Waals surface area contributed by atoms with Gasteiger partial charge in [0.25, 0.3) is 0 Å². The van der Waals surface area contributed by atoms with E-state index in [0.29, 0.717) is 6.04 Å². The summed E-state index contributed by atoms with van der Waals surface area (Å²) in [4.78, 5) is 4.23. The first-order valence-corrected chi connectivity index (χ1v) is 4.04. The molecule has 0 aromatic heterocycles. The number of nitrogens with zero attached hydrogens (tertiary/aromatic N) is 1. The maximum Gasteiger partial charge on any atom is 0.0887 e. The minimum Gasteiger partial charge on any atom is -0.387 e. The summed E-state index contributed by atoms with van der Waals surface area (Å²) >= 11 is 0. The van der Waals surface area contributed by atoms with E-state index in [1.54, 1.807) is 6.21 Å². The molecular weight excluding hydrogens is 126 g/mol. The highest BCUT2D eigenvalue weighted by Crippen LogP contribution is 2.14. The van der Waals surface area contributed by atoms with Crippen molar-refractivity contribution in [3.05, 3.63) is 0 Å². The van der Waals surface area contributed by atoms with E-state index in [0.717, 1.165) is 12.8 Å². The summed E-state index contributed by atoms with van der Waals surface area (Å²) in [6, 6.07) is 0.494. The van der Waals surface area contributed by atoms with Gasteiger partial charge in [-0.25, -0.2) is 0 Å². The van der Waals surface area contributed by atoms with Crippen LogP contribution in [0.15, 0.2) is 4.99 Å². The molecule has 0 saturated carbocycles. The van der Waals surface area contributed by atoms with Gasteiger partial charge >= 0.3 is 0 Å². The molecule has 0 aromatic carbocycles. The van der Waals surface area contributed by atoms with Crippen molar-refractivity contribution >= 4 is 6.21 Å². The van der Waals surface area contributed by atoms with Gasteiger partial charge in [-0.3, -0.25) is 4.99 Å². The zero-order valence-corrected chi connectivity index (χ0v) is 6.45. The maximum atomic E-state index is 9.05. The summed E-state index contributed by atoms with van der Waals surface area (Å²) in [5, 5.41) is 9.05. The summed E-state index contributed by atoms with van der Waals surface area (Å²) in [6.07, 6.45) is 5.73. The number of aliphatic imine (C=N–C) groups is 1. The number of aliphatic hydroxyl groups excluding tert-OH is 1. The lowest BCUT2D eigenvalue weighted by molar-refractivity contribution is 0.219. The molecule has 1 rings (SSSR count). The highest BCUT2D eigenvalue weighted by atomic mass is 16.3. The van der Waals surface area contributed by atoms with Gasteiger partial charge in [0, 0.05) is 12.3 Å². The molecule has 0 bridgehead atoms. The molecule has 0 spiro atoms. The van der Waals surface area contributed by atoms with E-state index in [4.69, 9.17) is 5.11 Å². The Hall–Kier alpha value is -0.370. The average Bonchev–Trinajstić information content (AvgIpc) is 1.95. The Labute approximate surface area is 62.0 Å². The largest absolute Gasteiger partial charge is 0.387 e. The Morgan fingerprint density at radius 2 is 2.40 bits per heavy atom. The van der Waals surface area contributed by atoms with E-state index in [9.17, 15) is 0 Å². The van der Waals surface area contributed by atoms with Gasteiger partial charge in [-0.2, -0.15) is 0 Å². The fourth-order valence-corrected chi connectivity index (χ4v) is 1.29. The lowest BCUT2D eigenvalue weighted by Gasteiger charge is -2.17. The molecule has 2 nitrogen and oxygen atoms in total. The summed E-state index contributed by atoms with van der Waals surface area (Å²) < 4.78 is 0. The molecule has 2 unspecified atom stereocenters. The van der Waals surface area contributed by atoms with Gasteiger partial charge in [0.2, 0.25) is 0 Å². The van der Waals surface area contributed by atoms with Gasteiger partial charge in [-0.1, -0.05) is 13.3 Å². The van der Waals surface area contributed by atoms with Gasteiger partial charge in [-0.05, 0) is 19.3 Å². The van der Waals surface area contributed by atoms with Crippen molar-refractivity contribution in [3.8, 4) is 0 Å². The van der Waals surface area contributed by atoms with E-state index < -0.39 is 0 Å². The standard InChI is InChI=1S/C8H15NO/c1-2-3-7-4-5-8(10)6-9-7/h6-8,10H,2-5H2,1H3. The van der Waals surface area contributed by atoms with Crippen molar-refractivity contribution in [2.75, 3.05) is 0 Å². The Morgan fingerprint density at radius 1 is 1.60 bits per heavy atom. The molecule has 1 N–H and O–H groups in total. The molecule has 0 saturated heterocycles. The molecule has 0 fully saturated rings. The van der Waals surface area contributed by atoms with Gasteiger partial charge < -0.3 is 5.11 Å². The van der Waals surface area contributed by atoms with Crippen molar-refractivity contribution < 1.29 is 5.11 Å².